The first-order chi connectivity index (χ1) is 14.8. The molecule has 30 heavy (non-hydrogen) atoms. The van der Waals surface area contributed by atoms with Gasteiger partial charge in [-0.1, -0.05) is 133 Å². The Morgan fingerprint density at radius 3 is 1.37 bits per heavy atom. The van der Waals surface area contributed by atoms with Gasteiger partial charge in [-0.3, -0.25) is 0 Å². The third-order valence-corrected chi connectivity index (χ3v) is 4.92. The first-order valence-corrected chi connectivity index (χ1v) is 9.98. The smallest absolute Gasteiger partial charge is 0.112 e. The van der Waals surface area contributed by atoms with Gasteiger partial charge >= 0.3 is 0 Å². The van der Waals surface area contributed by atoms with Crippen LogP contribution in [0.4, 0.5) is 0 Å². The van der Waals surface area contributed by atoms with E-state index < -0.39 is 6.10 Å². The molecule has 0 aromatic heterocycles. The highest BCUT2D eigenvalue weighted by molar-refractivity contribution is 5.80. The summed E-state index contributed by atoms with van der Waals surface area (Å²) < 4.78 is 0. The van der Waals surface area contributed by atoms with Crippen molar-refractivity contribution in [3.8, 4) is 0 Å². The van der Waals surface area contributed by atoms with E-state index in [0.717, 1.165) is 27.8 Å². The van der Waals surface area contributed by atoms with Crippen LogP contribution in [0.3, 0.4) is 0 Å². The fourth-order valence-electron chi connectivity index (χ4n) is 3.37. The number of benzene rings is 4. The summed E-state index contributed by atoms with van der Waals surface area (Å²) in [5.41, 5.74) is 12.2. The highest BCUT2D eigenvalue weighted by Crippen LogP contribution is 2.29. The van der Waals surface area contributed by atoms with E-state index in [4.69, 9.17) is 0 Å². The maximum atomic E-state index is 11.1. The van der Waals surface area contributed by atoms with E-state index in [0.29, 0.717) is 5.57 Å². The number of hydrogen-bond donors (Lipinski definition) is 1. The Hall–Kier alpha value is -3.86. The van der Waals surface area contributed by atoms with Gasteiger partial charge in [-0.2, -0.15) is 0 Å². The van der Waals surface area contributed by atoms with Crippen LogP contribution in [0, 0.1) is 0 Å². The zero-order valence-electron chi connectivity index (χ0n) is 16.6. The molecule has 0 fully saturated rings. The lowest BCUT2D eigenvalue weighted by molar-refractivity contribution is 0.238. The lowest BCUT2D eigenvalue weighted by atomic mass is 9.95. The molecule has 1 atom stereocenters. The van der Waals surface area contributed by atoms with Crippen LogP contribution in [0.2, 0.25) is 0 Å². The molecule has 0 aliphatic rings. The van der Waals surface area contributed by atoms with E-state index in [1.807, 2.05) is 97.1 Å². The molecule has 1 heteroatoms. The predicted molar refractivity (Wildman–Crippen MR) is 124 cm³/mol. The molecule has 0 radical (unpaired) electrons. The molecule has 0 spiro atoms. The van der Waals surface area contributed by atoms with E-state index in [1.54, 1.807) is 0 Å². The Morgan fingerprint density at radius 1 is 0.500 bits per heavy atom. The van der Waals surface area contributed by atoms with Gasteiger partial charge < -0.3 is 5.11 Å². The van der Waals surface area contributed by atoms with Crippen molar-refractivity contribution in [2.45, 2.75) is 6.10 Å². The maximum Gasteiger partial charge on any atom is 0.112 e. The summed E-state index contributed by atoms with van der Waals surface area (Å²) in [6, 6.07) is 39.8. The molecule has 0 bridgehead atoms. The second-order valence-corrected chi connectivity index (χ2v) is 6.95. The Balaban J connectivity index is 1.97. The summed E-state index contributed by atoms with van der Waals surface area (Å²) in [4.78, 5) is 0. The monoisotopic (exact) mass is 386 g/mol. The minimum absolute atomic E-state index is 0.686. The topological polar surface area (TPSA) is 20.2 Å². The normalized spacial score (nSPS) is 11.1. The van der Waals surface area contributed by atoms with Gasteiger partial charge in [0.15, 0.2) is 0 Å². The predicted octanol–water partition coefficient (Wildman–Crippen LogP) is 6.69. The van der Waals surface area contributed by atoms with Gasteiger partial charge in [0, 0.05) is 11.1 Å². The molecule has 4 rings (SSSR count). The van der Waals surface area contributed by atoms with Crippen LogP contribution in [0.15, 0.2) is 133 Å². The van der Waals surface area contributed by atoms with Crippen LogP contribution < -0.4 is 0 Å². The Kier molecular flexibility index (Phi) is 6.20. The molecule has 0 saturated heterocycles. The second kappa shape index (κ2) is 9.56. The second-order valence-electron chi connectivity index (χ2n) is 6.95. The minimum atomic E-state index is -0.797. The van der Waals surface area contributed by atoms with E-state index in [1.165, 1.54) is 0 Å². The summed E-state index contributed by atoms with van der Waals surface area (Å²) in [6.07, 6.45) is -0.797. The van der Waals surface area contributed by atoms with Gasteiger partial charge in [-0.15, -0.1) is 0 Å². The zero-order chi connectivity index (χ0) is 20.6. The average Bonchev–Trinajstić information content (AvgIpc) is 2.84. The van der Waals surface area contributed by atoms with Crippen molar-refractivity contribution in [1.82, 2.24) is 0 Å². The van der Waals surface area contributed by atoms with Crippen LogP contribution in [0.5, 0.6) is 0 Å². The van der Waals surface area contributed by atoms with Crippen LogP contribution >= 0.6 is 0 Å². The van der Waals surface area contributed by atoms with Gasteiger partial charge in [0.2, 0.25) is 0 Å². The molecular weight excluding hydrogens is 364 g/mol. The van der Waals surface area contributed by atoms with Crippen LogP contribution in [-0.2, 0) is 0 Å². The number of rotatable bonds is 5. The number of hydrogen-bond acceptors (Lipinski definition) is 1. The fourth-order valence-corrected chi connectivity index (χ4v) is 3.37. The van der Waals surface area contributed by atoms with Gasteiger partial charge in [0.1, 0.15) is 6.10 Å². The lowest BCUT2D eigenvalue weighted by Crippen LogP contribution is -2.00. The summed E-state index contributed by atoms with van der Waals surface area (Å²) in [6.45, 7) is 0. The molecule has 144 valence electrons. The Labute approximate surface area is 177 Å². The molecule has 0 amide bonds. The van der Waals surface area contributed by atoms with Crippen molar-refractivity contribution in [2.24, 2.45) is 0 Å². The van der Waals surface area contributed by atoms with Crippen LogP contribution in [0.25, 0.3) is 11.1 Å². The third-order valence-electron chi connectivity index (χ3n) is 4.92. The molecular formula is C29H22O. The van der Waals surface area contributed by atoms with Crippen LogP contribution in [-0.4, -0.2) is 5.11 Å². The molecule has 4 aromatic rings. The van der Waals surface area contributed by atoms with Crippen molar-refractivity contribution >= 4 is 11.1 Å². The Morgan fingerprint density at radius 2 is 0.900 bits per heavy atom. The summed E-state index contributed by atoms with van der Waals surface area (Å²) in [5.74, 6) is 0. The number of aliphatic hydroxyl groups excluding tert-OH is 1. The quantitative estimate of drug-likeness (QED) is 0.379. The molecule has 1 unspecified atom stereocenters. The standard InChI is InChI=1S/C29H22O/c30-29(26-19-11-4-12-20-26)28(25-17-9-3-10-18-25)22-21-27(23-13-5-1-6-14-23)24-15-7-2-8-16-24/h1-20,29-30H. The Bertz CT molecular complexity index is 1140. The molecule has 0 aliphatic carbocycles. The third kappa shape index (κ3) is 4.58. The maximum absolute atomic E-state index is 11.1. The largest absolute Gasteiger partial charge is 0.383 e. The highest BCUT2D eigenvalue weighted by Gasteiger charge is 2.15. The molecule has 1 nitrogen and oxygen atoms in total. The van der Waals surface area contributed by atoms with E-state index >= 15 is 0 Å². The molecule has 0 aliphatic heterocycles. The van der Waals surface area contributed by atoms with Crippen molar-refractivity contribution < 1.29 is 5.11 Å². The number of aliphatic hydroxyl groups is 1. The van der Waals surface area contributed by atoms with Gasteiger partial charge in [0.05, 0.1) is 0 Å². The van der Waals surface area contributed by atoms with Gasteiger partial charge in [-0.25, -0.2) is 0 Å². The average molecular weight is 386 g/mol. The summed E-state index contributed by atoms with van der Waals surface area (Å²) in [5, 5.41) is 11.1. The van der Waals surface area contributed by atoms with E-state index in [2.05, 4.69) is 35.7 Å². The molecule has 0 heterocycles. The zero-order valence-corrected chi connectivity index (χ0v) is 16.6. The van der Waals surface area contributed by atoms with Crippen molar-refractivity contribution in [1.29, 1.82) is 0 Å². The van der Waals surface area contributed by atoms with Gasteiger partial charge in [0.25, 0.3) is 0 Å². The summed E-state index contributed by atoms with van der Waals surface area (Å²) >= 11 is 0. The van der Waals surface area contributed by atoms with E-state index in [-0.39, 0.29) is 0 Å². The summed E-state index contributed by atoms with van der Waals surface area (Å²) in [7, 11) is 0. The van der Waals surface area contributed by atoms with Crippen molar-refractivity contribution in [2.75, 3.05) is 0 Å². The molecule has 1 N–H and O–H groups in total. The first kappa shape index (κ1) is 19.5. The van der Waals surface area contributed by atoms with E-state index in [9.17, 15) is 5.11 Å². The SMILES string of the molecule is OC(C(=C=C=C(c1ccccc1)c1ccccc1)c1ccccc1)c1ccccc1. The molecule has 0 saturated carbocycles. The minimum Gasteiger partial charge on any atom is -0.383 e. The van der Waals surface area contributed by atoms with Crippen molar-refractivity contribution in [3.05, 3.63) is 155 Å². The lowest BCUT2D eigenvalue weighted by Gasteiger charge is -2.13. The van der Waals surface area contributed by atoms with Gasteiger partial charge in [-0.05, 0) is 22.3 Å². The fraction of sp³-hybridized carbons (Fsp3) is 0.0345. The molecule has 4 aromatic carbocycles. The first-order valence-electron chi connectivity index (χ1n) is 9.98. The van der Waals surface area contributed by atoms with Crippen LogP contribution in [0.1, 0.15) is 28.4 Å². The van der Waals surface area contributed by atoms with Crippen molar-refractivity contribution in [3.63, 3.8) is 0 Å². The highest BCUT2D eigenvalue weighted by atomic mass is 16.3.